The summed E-state index contributed by atoms with van der Waals surface area (Å²) in [6, 6.07) is 17.8. The van der Waals surface area contributed by atoms with Crippen LogP contribution < -0.4 is 10.2 Å². The molecule has 0 bridgehead atoms. The maximum atomic E-state index is 13.4. The van der Waals surface area contributed by atoms with Crippen molar-refractivity contribution in [3.63, 3.8) is 0 Å². The Kier molecular flexibility index (Phi) is 8.57. The zero-order valence-corrected chi connectivity index (χ0v) is 21.2. The number of para-hydroxylation sites is 1. The van der Waals surface area contributed by atoms with E-state index in [1.54, 1.807) is 11.8 Å². The minimum atomic E-state index is -0.0854. The molecule has 2 aliphatic rings. The van der Waals surface area contributed by atoms with Crippen LogP contribution in [0.3, 0.4) is 0 Å². The lowest BCUT2D eigenvalue weighted by molar-refractivity contribution is -0.135. The third-order valence-corrected chi connectivity index (χ3v) is 8.14. The van der Waals surface area contributed by atoms with E-state index in [9.17, 15) is 9.59 Å². The SMILES string of the molecule is CN(CCCNC(=O)CN1C(=O)/C(=C/c2ccc(Cl)cc2)SC2CCCCC21)c1ccccc1. The molecular formula is C27H32ClN3O2S. The van der Waals surface area contributed by atoms with Gasteiger partial charge in [0.1, 0.15) is 6.54 Å². The van der Waals surface area contributed by atoms with Crippen LogP contribution in [0.4, 0.5) is 5.69 Å². The smallest absolute Gasteiger partial charge is 0.261 e. The van der Waals surface area contributed by atoms with E-state index < -0.39 is 0 Å². The first-order valence-electron chi connectivity index (χ1n) is 12.0. The number of hydrogen-bond acceptors (Lipinski definition) is 4. The minimum Gasteiger partial charge on any atom is -0.375 e. The second kappa shape index (κ2) is 11.8. The number of thioether (sulfide) groups is 1. The molecule has 1 aliphatic heterocycles. The predicted molar refractivity (Wildman–Crippen MR) is 142 cm³/mol. The first-order chi connectivity index (χ1) is 16.5. The summed E-state index contributed by atoms with van der Waals surface area (Å²) < 4.78 is 0. The van der Waals surface area contributed by atoms with Crippen molar-refractivity contribution >= 4 is 46.9 Å². The van der Waals surface area contributed by atoms with Gasteiger partial charge in [0.2, 0.25) is 5.91 Å². The van der Waals surface area contributed by atoms with E-state index in [1.165, 1.54) is 6.42 Å². The Balaban J connectivity index is 1.35. The zero-order valence-electron chi connectivity index (χ0n) is 19.6. The highest BCUT2D eigenvalue weighted by molar-refractivity contribution is 8.04. The molecule has 34 heavy (non-hydrogen) atoms. The average molecular weight is 498 g/mol. The number of hydrogen-bond donors (Lipinski definition) is 1. The summed E-state index contributed by atoms with van der Waals surface area (Å²) in [5.74, 6) is -0.125. The Morgan fingerprint density at radius 3 is 2.65 bits per heavy atom. The van der Waals surface area contributed by atoms with Gasteiger partial charge < -0.3 is 15.1 Å². The quantitative estimate of drug-likeness (QED) is 0.402. The van der Waals surface area contributed by atoms with Gasteiger partial charge in [-0.15, -0.1) is 11.8 Å². The van der Waals surface area contributed by atoms with E-state index in [-0.39, 0.29) is 24.4 Å². The lowest BCUT2D eigenvalue weighted by atomic mass is 9.93. The molecule has 2 amide bonds. The molecule has 0 spiro atoms. The van der Waals surface area contributed by atoms with Gasteiger partial charge in [-0.1, -0.05) is 54.8 Å². The summed E-state index contributed by atoms with van der Waals surface area (Å²) in [7, 11) is 2.05. The number of halogens is 1. The van der Waals surface area contributed by atoms with Gasteiger partial charge in [0.05, 0.1) is 4.91 Å². The maximum absolute atomic E-state index is 13.4. The fourth-order valence-electron chi connectivity index (χ4n) is 4.64. The molecule has 7 heteroatoms. The van der Waals surface area contributed by atoms with Crippen LogP contribution >= 0.6 is 23.4 Å². The molecule has 0 aromatic heterocycles. The van der Waals surface area contributed by atoms with Gasteiger partial charge in [0.25, 0.3) is 5.91 Å². The fraction of sp³-hybridized carbons (Fsp3) is 0.407. The highest BCUT2D eigenvalue weighted by Crippen LogP contribution is 2.42. The van der Waals surface area contributed by atoms with Crippen LogP contribution in [0.2, 0.25) is 5.02 Å². The Hall–Kier alpha value is -2.44. The molecule has 2 aromatic rings. The van der Waals surface area contributed by atoms with Crippen molar-refractivity contribution in [2.24, 2.45) is 0 Å². The maximum Gasteiger partial charge on any atom is 0.261 e. The van der Waals surface area contributed by atoms with Gasteiger partial charge in [-0.2, -0.15) is 0 Å². The number of benzene rings is 2. The van der Waals surface area contributed by atoms with Gasteiger partial charge >= 0.3 is 0 Å². The largest absolute Gasteiger partial charge is 0.375 e. The van der Waals surface area contributed by atoms with Gasteiger partial charge in [-0.05, 0) is 55.2 Å². The molecular weight excluding hydrogens is 466 g/mol. The van der Waals surface area contributed by atoms with Crippen molar-refractivity contribution in [3.05, 3.63) is 70.1 Å². The van der Waals surface area contributed by atoms with Crippen LogP contribution in [0.5, 0.6) is 0 Å². The van der Waals surface area contributed by atoms with E-state index in [2.05, 4.69) is 29.4 Å². The van der Waals surface area contributed by atoms with E-state index in [0.717, 1.165) is 43.5 Å². The minimum absolute atomic E-state index is 0.0398. The monoisotopic (exact) mass is 497 g/mol. The van der Waals surface area contributed by atoms with Crippen LogP contribution in [0, 0.1) is 0 Å². The van der Waals surface area contributed by atoms with Crippen LogP contribution in [0.15, 0.2) is 59.5 Å². The molecule has 1 aliphatic carbocycles. The van der Waals surface area contributed by atoms with Crippen LogP contribution in [-0.4, -0.2) is 54.7 Å². The summed E-state index contributed by atoms with van der Waals surface area (Å²) in [6.07, 6.45) is 7.09. The fourth-order valence-corrected chi connectivity index (χ4v) is 6.24. The second-order valence-corrected chi connectivity index (χ2v) is 10.7. The van der Waals surface area contributed by atoms with Crippen LogP contribution in [0.25, 0.3) is 6.08 Å². The first kappa shape index (κ1) is 24.7. The zero-order chi connectivity index (χ0) is 23.9. The van der Waals surface area contributed by atoms with Gasteiger partial charge in [-0.25, -0.2) is 0 Å². The van der Waals surface area contributed by atoms with E-state index in [0.29, 0.717) is 21.7 Å². The number of amides is 2. The Morgan fingerprint density at radius 1 is 1.15 bits per heavy atom. The number of anilines is 1. The number of fused-ring (bicyclic) bond motifs is 1. The topological polar surface area (TPSA) is 52.7 Å². The van der Waals surface area contributed by atoms with Crippen molar-refractivity contribution in [2.75, 3.05) is 31.6 Å². The van der Waals surface area contributed by atoms with Crippen molar-refractivity contribution in [3.8, 4) is 0 Å². The van der Waals surface area contributed by atoms with Crippen molar-refractivity contribution in [2.45, 2.75) is 43.4 Å². The van der Waals surface area contributed by atoms with Crippen molar-refractivity contribution in [1.82, 2.24) is 10.2 Å². The van der Waals surface area contributed by atoms with E-state index in [1.807, 2.05) is 53.4 Å². The predicted octanol–water partition coefficient (Wildman–Crippen LogP) is 5.21. The molecule has 5 nitrogen and oxygen atoms in total. The number of carbonyl (C=O) groups is 2. The molecule has 4 rings (SSSR count). The van der Waals surface area contributed by atoms with Gasteiger partial charge in [0, 0.05) is 42.1 Å². The summed E-state index contributed by atoms with van der Waals surface area (Å²) >= 11 is 7.68. The molecule has 2 unspecified atom stereocenters. The number of nitrogens with one attached hydrogen (secondary N) is 1. The summed E-state index contributed by atoms with van der Waals surface area (Å²) in [5, 5.41) is 4.04. The van der Waals surface area contributed by atoms with Crippen molar-refractivity contribution in [1.29, 1.82) is 0 Å². The normalized spacial score (nSPS) is 21.3. The highest BCUT2D eigenvalue weighted by Gasteiger charge is 2.41. The van der Waals surface area contributed by atoms with Crippen LogP contribution in [-0.2, 0) is 9.59 Å². The summed E-state index contributed by atoms with van der Waals surface area (Å²) in [6.45, 7) is 1.56. The molecule has 2 aromatic carbocycles. The van der Waals surface area contributed by atoms with E-state index in [4.69, 9.17) is 11.6 Å². The van der Waals surface area contributed by atoms with Gasteiger partial charge in [0.15, 0.2) is 0 Å². The molecule has 1 N–H and O–H groups in total. The number of carbonyl (C=O) groups excluding carboxylic acids is 2. The third-order valence-electron chi connectivity index (χ3n) is 6.49. The molecule has 1 heterocycles. The summed E-state index contributed by atoms with van der Waals surface area (Å²) in [4.78, 5) is 30.9. The van der Waals surface area contributed by atoms with E-state index >= 15 is 0 Å². The highest BCUT2D eigenvalue weighted by atomic mass is 35.5. The number of nitrogens with zero attached hydrogens (tertiary/aromatic N) is 2. The number of rotatable bonds is 8. The van der Waals surface area contributed by atoms with Crippen molar-refractivity contribution < 1.29 is 9.59 Å². The average Bonchev–Trinajstić information content (AvgIpc) is 2.86. The Bertz CT molecular complexity index is 1010. The molecule has 1 saturated carbocycles. The standard InChI is InChI=1S/C27H32ClN3O2S/c1-30(22-8-3-2-4-9-22)17-7-16-29-26(32)19-31-23-10-5-6-11-24(23)34-25(27(31)33)18-20-12-14-21(28)15-13-20/h2-4,8-9,12-15,18,23-24H,5-7,10-11,16-17,19H2,1H3,(H,29,32)/b25-18-. The lowest BCUT2D eigenvalue weighted by Gasteiger charge is -2.43. The van der Waals surface area contributed by atoms with Crippen LogP contribution in [0.1, 0.15) is 37.7 Å². The second-order valence-electron chi connectivity index (χ2n) is 8.96. The molecule has 1 saturated heterocycles. The Labute approximate surface area is 211 Å². The first-order valence-corrected chi connectivity index (χ1v) is 13.2. The molecule has 2 fully saturated rings. The molecule has 0 radical (unpaired) electrons. The molecule has 180 valence electrons. The lowest BCUT2D eigenvalue weighted by Crippen LogP contribution is -2.54. The molecule has 2 atom stereocenters. The summed E-state index contributed by atoms with van der Waals surface area (Å²) in [5.41, 5.74) is 2.11. The Morgan fingerprint density at radius 2 is 1.88 bits per heavy atom. The van der Waals surface area contributed by atoms with Gasteiger partial charge in [-0.3, -0.25) is 9.59 Å². The third kappa shape index (κ3) is 6.36.